The van der Waals surface area contributed by atoms with Gasteiger partial charge in [0.15, 0.2) is 11.5 Å². The van der Waals surface area contributed by atoms with Crippen molar-refractivity contribution in [3.8, 4) is 11.5 Å². The Labute approximate surface area is 136 Å². The standard InChI is InChI=1S/C16H13N5O3/c22-16(9-21-13-4-2-1-3-12(13)18-20-21)19-17-8-11-5-6-14-15(7-11)24-10-23-14/h1-8H,9-10H2,(H,19,22)/b17-8-. The number of nitrogens with zero attached hydrogens (tertiary/aromatic N) is 4. The van der Waals surface area contributed by atoms with Crippen LogP contribution in [0.25, 0.3) is 11.0 Å². The lowest BCUT2D eigenvalue weighted by Gasteiger charge is -2.01. The molecule has 0 spiro atoms. The van der Waals surface area contributed by atoms with Gasteiger partial charge in [-0.25, -0.2) is 10.1 Å². The lowest BCUT2D eigenvalue weighted by atomic mass is 10.2. The Bertz CT molecular complexity index is 934. The summed E-state index contributed by atoms with van der Waals surface area (Å²) >= 11 is 0. The van der Waals surface area contributed by atoms with Gasteiger partial charge in [0.1, 0.15) is 12.1 Å². The maximum Gasteiger partial charge on any atom is 0.261 e. The molecule has 1 N–H and O–H groups in total. The average Bonchev–Trinajstić information content (AvgIpc) is 3.22. The zero-order chi connectivity index (χ0) is 16.4. The molecular weight excluding hydrogens is 310 g/mol. The number of hydrazone groups is 1. The molecule has 3 aromatic rings. The Kier molecular flexibility index (Phi) is 3.54. The van der Waals surface area contributed by atoms with Crippen molar-refractivity contribution in [1.29, 1.82) is 0 Å². The number of hydrogen-bond acceptors (Lipinski definition) is 6. The third-order valence-corrected chi connectivity index (χ3v) is 3.51. The first kappa shape index (κ1) is 14.2. The minimum absolute atomic E-state index is 0.0407. The molecule has 0 saturated carbocycles. The second-order valence-corrected chi connectivity index (χ2v) is 5.14. The topological polar surface area (TPSA) is 90.6 Å². The van der Waals surface area contributed by atoms with Gasteiger partial charge in [-0.05, 0) is 35.9 Å². The van der Waals surface area contributed by atoms with Crippen LogP contribution in [-0.4, -0.2) is 33.9 Å². The van der Waals surface area contributed by atoms with Crippen molar-refractivity contribution in [2.75, 3.05) is 6.79 Å². The fourth-order valence-corrected chi connectivity index (χ4v) is 2.38. The summed E-state index contributed by atoms with van der Waals surface area (Å²) in [4.78, 5) is 12.0. The molecule has 1 aromatic heterocycles. The number of ether oxygens (including phenoxy) is 2. The van der Waals surface area contributed by atoms with E-state index in [9.17, 15) is 4.79 Å². The molecule has 0 aliphatic carbocycles. The van der Waals surface area contributed by atoms with Crippen molar-refractivity contribution < 1.29 is 14.3 Å². The highest BCUT2D eigenvalue weighted by atomic mass is 16.7. The molecule has 0 saturated heterocycles. The fraction of sp³-hybridized carbons (Fsp3) is 0.125. The number of rotatable bonds is 4. The lowest BCUT2D eigenvalue weighted by molar-refractivity contribution is -0.121. The molecule has 2 heterocycles. The van der Waals surface area contributed by atoms with Gasteiger partial charge in [-0.15, -0.1) is 5.10 Å². The van der Waals surface area contributed by atoms with E-state index in [1.165, 1.54) is 4.68 Å². The van der Waals surface area contributed by atoms with Crippen molar-refractivity contribution in [3.05, 3.63) is 48.0 Å². The molecule has 0 unspecified atom stereocenters. The highest BCUT2D eigenvalue weighted by molar-refractivity contribution is 5.84. The number of carbonyl (C=O) groups is 1. The zero-order valence-electron chi connectivity index (χ0n) is 12.5. The van der Waals surface area contributed by atoms with E-state index in [2.05, 4.69) is 20.8 Å². The van der Waals surface area contributed by atoms with Gasteiger partial charge >= 0.3 is 0 Å². The van der Waals surface area contributed by atoms with Gasteiger partial charge in [0.2, 0.25) is 6.79 Å². The van der Waals surface area contributed by atoms with Crippen LogP contribution in [-0.2, 0) is 11.3 Å². The van der Waals surface area contributed by atoms with Crippen LogP contribution in [0, 0.1) is 0 Å². The quantitative estimate of drug-likeness (QED) is 0.577. The molecule has 24 heavy (non-hydrogen) atoms. The summed E-state index contributed by atoms with van der Waals surface area (Å²) in [7, 11) is 0. The smallest absolute Gasteiger partial charge is 0.261 e. The summed E-state index contributed by atoms with van der Waals surface area (Å²) < 4.78 is 12.1. The summed E-state index contributed by atoms with van der Waals surface area (Å²) in [5.74, 6) is 1.08. The third-order valence-electron chi connectivity index (χ3n) is 3.51. The van der Waals surface area contributed by atoms with Crippen LogP contribution in [0.1, 0.15) is 5.56 Å². The van der Waals surface area contributed by atoms with Crippen LogP contribution >= 0.6 is 0 Å². The molecule has 4 rings (SSSR count). The zero-order valence-corrected chi connectivity index (χ0v) is 12.5. The third kappa shape index (κ3) is 2.76. The average molecular weight is 323 g/mol. The summed E-state index contributed by atoms with van der Waals surface area (Å²) in [6.07, 6.45) is 1.54. The molecule has 120 valence electrons. The maximum absolute atomic E-state index is 12.0. The molecule has 1 aliphatic rings. The molecule has 0 radical (unpaired) electrons. The normalized spacial score (nSPS) is 12.8. The number of nitrogens with one attached hydrogen (secondary N) is 1. The molecule has 1 amide bonds. The van der Waals surface area contributed by atoms with Gasteiger partial charge in [-0.2, -0.15) is 5.10 Å². The molecule has 8 nitrogen and oxygen atoms in total. The fourth-order valence-electron chi connectivity index (χ4n) is 2.38. The van der Waals surface area contributed by atoms with Crippen molar-refractivity contribution in [2.45, 2.75) is 6.54 Å². The summed E-state index contributed by atoms with van der Waals surface area (Å²) in [5.41, 5.74) is 4.81. The Morgan fingerprint density at radius 1 is 1.25 bits per heavy atom. The summed E-state index contributed by atoms with van der Waals surface area (Å²) in [5, 5.41) is 11.9. The first-order valence-corrected chi connectivity index (χ1v) is 7.29. The van der Waals surface area contributed by atoms with E-state index in [1.807, 2.05) is 30.3 Å². The monoisotopic (exact) mass is 323 g/mol. The van der Waals surface area contributed by atoms with E-state index < -0.39 is 0 Å². The second kappa shape index (κ2) is 5.99. The van der Waals surface area contributed by atoms with Crippen LogP contribution in [0.2, 0.25) is 0 Å². The molecule has 0 atom stereocenters. The highest BCUT2D eigenvalue weighted by Crippen LogP contribution is 2.31. The SMILES string of the molecule is O=C(Cn1nnc2ccccc21)N/N=C\c1ccc2c(c1)OCO2. The predicted octanol–water partition coefficient (Wildman–Crippen LogP) is 1.31. The van der Waals surface area contributed by atoms with Gasteiger partial charge in [0.25, 0.3) is 5.91 Å². The molecule has 0 fully saturated rings. The number of fused-ring (bicyclic) bond motifs is 2. The van der Waals surface area contributed by atoms with Crippen molar-refractivity contribution in [1.82, 2.24) is 20.4 Å². The molecular formula is C16H13N5O3. The van der Waals surface area contributed by atoms with Crippen LogP contribution < -0.4 is 14.9 Å². The Balaban J connectivity index is 1.39. The lowest BCUT2D eigenvalue weighted by Crippen LogP contribution is -2.23. The Morgan fingerprint density at radius 2 is 2.12 bits per heavy atom. The largest absolute Gasteiger partial charge is 0.454 e. The summed E-state index contributed by atoms with van der Waals surface area (Å²) in [6.45, 7) is 0.261. The van der Waals surface area contributed by atoms with Gasteiger partial charge in [-0.3, -0.25) is 4.79 Å². The van der Waals surface area contributed by atoms with Crippen LogP contribution in [0.3, 0.4) is 0 Å². The van der Waals surface area contributed by atoms with Gasteiger partial charge in [0, 0.05) is 0 Å². The first-order chi connectivity index (χ1) is 11.8. The van der Waals surface area contributed by atoms with Gasteiger partial charge in [-0.1, -0.05) is 17.3 Å². The highest BCUT2D eigenvalue weighted by Gasteiger charge is 2.12. The second-order valence-electron chi connectivity index (χ2n) is 5.14. The molecule has 2 aromatic carbocycles. The van der Waals surface area contributed by atoms with Gasteiger partial charge in [0.05, 0.1) is 11.7 Å². The van der Waals surface area contributed by atoms with Crippen molar-refractivity contribution in [3.63, 3.8) is 0 Å². The van der Waals surface area contributed by atoms with E-state index in [0.717, 1.165) is 16.6 Å². The molecule has 1 aliphatic heterocycles. The maximum atomic E-state index is 12.0. The summed E-state index contributed by atoms with van der Waals surface area (Å²) in [6, 6.07) is 12.9. The predicted molar refractivity (Wildman–Crippen MR) is 85.8 cm³/mol. The number of para-hydroxylation sites is 1. The Morgan fingerprint density at radius 3 is 3.08 bits per heavy atom. The molecule has 8 heteroatoms. The van der Waals surface area contributed by atoms with E-state index in [4.69, 9.17) is 9.47 Å². The number of amides is 1. The van der Waals surface area contributed by atoms with E-state index >= 15 is 0 Å². The van der Waals surface area contributed by atoms with Crippen LogP contribution in [0.4, 0.5) is 0 Å². The first-order valence-electron chi connectivity index (χ1n) is 7.29. The van der Waals surface area contributed by atoms with Crippen molar-refractivity contribution >= 4 is 23.2 Å². The van der Waals surface area contributed by atoms with E-state index in [1.54, 1.807) is 18.3 Å². The number of carbonyl (C=O) groups excluding carboxylic acids is 1. The number of aromatic nitrogens is 3. The van der Waals surface area contributed by atoms with Crippen LogP contribution in [0.15, 0.2) is 47.6 Å². The van der Waals surface area contributed by atoms with E-state index in [0.29, 0.717) is 11.5 Å². The molecule has 0 bridgehead atoms. The minimum atomic E-state index is -0.289. The van der Waals surface area contributed by atoms with E-state index in [-0.39, 0.29) is 19.2 Å². The Hall–Kier alpha value is -3.42. The van der Waals surface area contributed by atoms with Gasteiger partial charge < -0.3 is 9.47 Å². The number of benzene rings is 2. The number of hydrogen-bond donors (Lipinski definition) is 1. The van der Waals surface area contributed by atoms with Crippen molar-refractivity contribution in [2.24, 2.45) is 5.10 Å². The van der Waals surface area contributed by atoms with Crippen LogP contribution in [0.5, 0.6) is 11.5 Å². The minimum Gasteiger partial charge on any atom is -0.454 e.